The molecule has 0 aromatic heterocycles. The second-order valence-corrected chi connectivity index (χ2v) is 5.86. The summed E-state index contributed by atoms with van der Waals surface area (Å²) >= 11 is 0. The number of hydrogen-bond acceptors (Lipinski definition) is 4. The molecule has 0 radical (unpaired) electrons. The van der Waals surface area contributed by atoms with Crippen molar-refractivity contribution in [3.05, 3.63) is 0 Å². The van der Waals surface area contributed by atoms with Crippen LogP contribution in [0.25, 0.3) is 0 Å². The third-order valence-electron chi connectivity index (χ3n) is 4.13. The van der Waals surface area contributed by atoms with Crippen LogP contribution in [0.3, 0.4) is 0 Å². The molecule has 5 nitrogen and oxygen atoms in total. The van der Waals surface area contributed by atoms with E-state index in [1.807, 2.05) is 11.8 Å². The van der Waals surface area contributed by atoms with Crippen molar-refractivity contribution >= 4 is 11.9 Å². The molecule has 1 aliphatic carbocycles. The Morgan fingerprint density at radius 3 is 2.29 bits per heavy atom. The van der Waals surface area contributed by atoms with Gasteiger partial charge in [-0.3, -0.25) is 9.59 Å². The summed E-state index contributed by atoms with van der Waals surface area (Å²) in [5.74, 6) is -0.0907. The summed E-state index contributed by atoms with van der Waals surface area (Å²) in [7, 11) is 1.40. The Kier molecular flexibility index (Phi) is 7.72. The Hall–Kier alpha value is -1.10. The van der Waals surface area contributed by atoms with Gasteiger partial charge in [0.1, 0.15) is 0 Å². The minimum atomic E-state index is -0.258. The highest BCUT2D eigenvalue weighted by Crippen LogP contribution is 2.31. The molecule has 21 heavy (non-hydrogen) atoms. The number of rotatable bonds is 10. The van der Waals surface area contributed by atoms with Crippen LogP contribution in [0.4, 0.5) is 0 Å². The molecular formula is C16H30N2O3. The predicted molar refractivity (Wildman–Crippen MR) is 82.9 cm³/mol. The van der Waals surface area contributed by atoms with Crippen LogP contribution < -0.4 is 0 Å². The van der Waals surface area contributed by atoms with Crippen LogP contribution in [-0.2, 0) is 14.3 Å². The largest absolute Gasteiger partial charge is 0.469 e. The number of hydrogen-bond donors (Lipinski definition) is 0. The number of amides is 1. The van der Waals surface area contributed by atoms with Crippen molar-refractivity contribution in [3.8, 4) is 0 Å². The van der Waals surface area contributed by atoms with Gasteiger partial charge < -0.3 is 14.5 Å². The second kappa shape index (κ2) is 9.03. The van der Waals surface area contributed by atoms with Crippen molar-refractivity contribution in [2.24, 2.45) is 11.8 Å². The van der Waals surface area contributed by atoms with Gasteiger partial charge in [-0.05, 0) is 38.9 Å². The van der Waals surface area contributed by atoms with E-state index in [1.165, 1.54) is 7.11 Å². The normalized spacial score (nSPS) is 15.9. The Morgan fingerprint density at radius 1 is 1.19 bits per heavy atom. The first-order valence-corrected chi connectivity index (χ1v) is 8.12. The number of carbonyl (C=O) groups is 2. The van der Waals surface area contributed by atoms with E-state index >= 15 is 0 Å². The fourth-order valence-electron chi connectivity index (χ4n) is 2.51. The fraction of sp³-hybridized carbons (Fsp3) is 0.875. The van der Waals surface area contributed by atoms with Crippen LogP contribution >= 0.6 is 0 Å². The number of methoxy groups -OCH3 is 1. The summed E-state index contributed by atoms with van der Waals surface area (Å²) < 4.78 is 4.76. The molecule has 0 heterocycles. The van der Waals surface area contributed by atoms with Crippen molar-refractivity contribution in [2.75, 3.05) is 39.8 Å². The van der Waals surface area contributed by atoms with Crippen LogP contribution in [-0.4, -0.2) is 61.5 Å². The van der Waals surface area contributed by atoms with Gasteiger partial charge in [0.25, 0.3) is 0 Å². The molecule has 0 aliphatic heterocycles. The Balaban J connectivity index is 2.48. The molecule has 0 aromatic carbocycles. The average Bonchev–Trinajstić information content (AvgIpc) is 3.33. The molecule has 1 unspecified atom stereocenters. The monoisotopic (exact) mass is 298 g/mol. The third-order valence-corrected chi connectivity index (χ3v) is 4.13. The smallest absolute Gasteiger partial charge is 0.310 e. The summed E-state index contributed by atoms with van der Waals surface area (Å²) in [5, 5.41) is 0. The van der Waals surface area contributed by atoms with E-state index in [1.54, 1.807) is 0 Å². The molecule has 0 spiro atoms. The Labute approximate surface area is 128 Å². The van der Waals surface area contributed by atoms with Crippen molar-refractivity contribution in [1.82, 2.24) is 9.80 Å². The van der Waals surface area contributed by atoms with Gasteiger partial charge in [-0.2, -0.15) is 0 Å². The van der Waals surface area contributed by atoms with Crippen LogP contribution in [0.5, 0.6) is 0 Å². The van der Waals surface area contributed by atoms with Crippen LogP contribution in [0.1, 0.15) is 40.0 Å². The number of esters is 1. The van der Waals surface area contributed by atoms with Crippen molar-refractivity contribution in [1.29, 1.82) is 0 Å². The highest BCUT2D eigenvalue weighted by Gasteiger charge is 2.34. The van der Waals surface area contributed by atoms with E-state index in [0.29, 0.717) is 6.54 Å². The van der Waals surface area contributed by atoms with Gasteiger partial charge in [0.2, 0.25) is 5.91 Å². The van der Waals surface area contributed by atoms with Gasteiger partial charge in [-0.1, -0.05) is 20.8 Å². The van der Waals surface area contributed by atoms with Gasteiger partial charge >= 0.3 is 5.97 Å². The highest BCUT2D eigenvalue weighted by molar-refractivity contribution is 5.82. The molecule has 1 rings (SSSR count). The molecule has 1 saturated carbocycles. The molecular weight excluding hydrogens is 268 g/mol. The maximum Gasteiger partial charge on any atom is 0.310 e. The molecule has 1 fully saturated rings. The number of carbonyl (C=O) groups excluding carboxylic acids is 2. The Bertz CT molecular complexity index is 338. The lowest BCUT2D eigenvalue weighted by Gasteiger charge is -2.26. The third kappa shape index (κ3) is 6.04. The fourth-order valence-corrected chi connectivity index (χ4v) is 2.51. The van der Waals surface area contributed by atoms with E-state index in [0.717, 1.165) is 45.4 Å². The topological polar surface area (TPSA) is 49.9 Å². The van der Waals surface area contributed by atoms with Gasteiger partial charge in [0, 0.05) is 19.0 Å². The van der Waals surface area contributed by atoms with Crippen LogP contribution in [0.2, 0.25) is 0 Å². The molecule has 0 aromatic rings. The quantitative estimate of drug-likeness (QED) is 0.577. The predicted octanol–water partition coefficient (Wildman–Crippen LogP) is 1.77. The number of ether oxygens (including phenoxy) is 1. The summed E-state index contributed by atoms with van der Waals surface area (Å²) in [4.78, 5) is 28.1. The van der Waals surface area contributed by atoms with Crippen molar-refractivity contribution < 1.29 is 14.3 Å². The lowest BCUT2D eigenvalue weighted by atomic mass is 10.1. The van der Waals surface area contributed by atoms with E-state index in [4.69, 9.17) is 4.74 Å². The average molecular weight is 298 g/mol. The number of nitrogens with zero attached hydrogens (tertiary/aromatic N) is 2. The SMILES string of the molecule is CCN(CC)CCCN(CC(C)C(=O)OC)C(=O)C1CC1. The van der Waals surface area contributed by atoms with E-state index < -0.39 is 0 Å². The second-order valence-electron chi connectivity index (χ2n) is 5.86. The maximum atomic E-state index is 12.3. The molecule has 0 N–H and O–H groups in total. The van der Waals surface area contributed by atoms with Crippen molar-refractivity contribution in [2.45, 2.75) is 40.0 Å². The molecule has 0 saturated heterocycles. The lowest BCUT2D eigenvalue weighted by Crippen LogP contribution is -2.40. The van der Waals surface area contributed by atoms with E-state index in [-0.39, 0.29) is 23.7 Å². The van der Waals surface area contributed by atoms with E-state index in [9.17, 15) is 9.59 Å². The molecule has 122 valence electrons. The summed E-state index contributed by atoms with van der Waals surface area (Å²) in [6.45, 7) is 10.4. The first-order valence-electron chi connectivity index (χ1n) is 8.12. The van der Waals surface area contributed by atoms with Gasteiger partial charge in [0.15, 0.2) is 0 Å². The van der Waals surface area contributed by atoms with Crippen LogP contribution in [0.15, 0.2) is 0 Å². The molecule has 1 amide bonds. The zero-order chi connectivity index (χ0) is 15.8. The van der Waals surface area contributed by atoms with Gasteiger partial charge in [-0.25, -0.2) is 0 Å². The molecule has 5 heteroatoms. The summed E-state index contributed by atoms with van der Waals surface area (Å²) in [6.07, 6.45) is 2.95. The summed E-state index contributed by atoms with van der Waals surface area (Å²) in [5.41, 5.74) is 0. The first kappa shape index (κ1) is 18.0. The van der Waals surface area contributed by atoms with Crippen LogP contribution in [0, 0.1) is 11.8 Å². The maximum absolute atomic E-state index is 12.3. The first-order chi connectivity index (χ1) is 10.0. The van der Waals surface area contributed by atoms with Gasteiger partial charge in [0.05, 0.1) is 13.0 Å². The van der Waals surface area contributed by atoms with Gasteiger partial charge in [-0.15, -0.1) is 0 Å². The zero-order valence-electron chi connectivity index (χ0n) is 13.9. The lowest BCUT2D eigenvalue weighted by molar-refractivity contribution is -0.146. The zero-order valence-corrected chi connectivity index (χ0v) is 13.9. The standard InChI is InChI=1S/C16H30N2O3/c1-5-17(6-2)10-7-11-18(15(19)14-8-9-14)12-13(3)16(20)21-4/h13-14H,5-12H2,1-4H3. The highest BCUT2D eigenvalue weighted by atomic mass is 16.5. The summed E-state index contributed by atoms with van der Waals surface area (Å²) in [6, 6.07) is 0. The molecule has 1 aliphatic rings. The van der Waals surface area contributed by atoms with E-state index in [2.05, 4.69) is 18.7 Å². The molecule has 0 bridgehead atoms. The minimum absolute atomic E-state index is 0.198. The van der Waals surface area contributed by atoms with Crippen molar-refractivity contribution in [3.63, 3.8) is 0 Å². The minimum Gasteiger partial charge on any atom is -0.469 e. The Morgan fingerprint density at radius 2 is 1.81 bits per heavy atom. The molecule has 1 atom stereocenters.